The van der Waals surface area contributed by atoms with Crippen molar-refractivity contribution in [3.05, 3.63) is 0 Å². The third-order valence-electron chi connectivity index (χ3n) is 7.43. The first kappa shape index (κ1) is 37.1. The summed E-state index contributed by atoms with van der Waals surface area (Å²) in [4.78, 5) is 48.4. The number of nitrogens with one attached hydrogen (secondary N) is 3. The maximum Gasteiger partial charge on any atom is 0.303 e. The summed E-state index contributed by atoms with van der Waals surface area (Å²) >= 11 is 0. The average molecular weight is 614 g/mol. The van der Waals surface area contributed by atoms with Crippen LogP contribution in [0.3, 0.4) is 0 Å². The minimum atomic E-state index is -0.983. The molecule has 0 bridgehead atoms. The Morgan fingerprint density at radius 2 is 1.33 bits per heavy atom. The van der Waals surface area contributed by atoms with Gasteiger partial charge in [0.05, 0.1) is 31.8 Å². The van der Waals surface area contributed by atoms with Gasteiger partial charge in [0, 0.05) is 43.2 Å². The summed E-state index contributed by atoms with van der Waals surface area (Å²) < 4.78 is 23.8. The molecule has 2 heterocycles. The van der Waals surface area contributed by atoms with Crippen LogP contribution in [-0.2, 0) is 38.1 Å². The van der Waals surface area contributed by atoms with Gasteiger partial charge in [-0.25, -0.2) is 0 Å². The number of carboxylic acids is 1. The number of rotatable bonds is 17. The summed E-state index contributed by atoms with van der Waals surface area (Å²) in [6.45, 7) is 15.1. The van der Waals surface area contributed by atoms with Crippen molar-refractivity contribution in [3.63, 3.8) is 0 Å². The van der Waals surface area contributed by atoms with Gasteiger partial charge in [-0.3, -0.25) is 19.2 Å². The fourth-order valence-electron chi connectivity index (χ4n) is 4.68. The van der Waals surface area contributed by atoms with Crippen LogP contribution in [0.25, 0.3) is 0 Å². The van der Waals surface area contributed by atoms with Crippen molar-refractivity contribution in [1.29, 1.82) is 0 Å². The van der Waals surface area contributed by atoms with Crippen molar-refractivity contribution in [2.24, 2.45) is 10.8 Å². The summed E-state index contributed by atoms with van der Waals surface area (Å²) in [7, 11) is 0. The van der Waals surface area contributed by atoms with Crippen LogP contribution < -0.4 is 16.0 Å². The molecule has 1 atom stereocenters. The highest BCUT2D eigenvalue weighted by atomic mass is 16.7. The second-order valence-corrected chi connectivity index (χ2v) is 13.9. The van der Waals surface area contributed by atoms with Gasteiger partial charge in [-0.2, -0.15) is 0 Å². The van der Waals surface area contributed by atoms with Crippen LogP contribution in [0.4, 0.5) is 0 Å². The molecule has 2 aliphatic rings. The Balaban J connectivity index is 1.69. The van der Waals surface area contributed by atoms with E-state index in [2.05, 4.69) is 36.7 Å². The smallest absolute Gasteiger partial charge is 0.303 e. The van der Waals surface area contributed by atoms with Crippen LogP contribution in [-0.4, -0.2) is 92.4 Å². The maximum absolute atomic E-state index is 12.9. The number of Topliss-reactive ketones (excluding diaryl/α,β-unsaturated/α-hetero) is 1. The van der Waals surface area contributed by atoms with Gasteiger partial charge in [0.25, 0.3) is 0 Å². The number of ketones is 1. The topological polar surface area (TPSA) is 162 Å². The van der Waals surface area contributed by atoms with Crippen LogP contribution >= 0.6 is 0 Å². The SMILES string of the molecule is CC(C)(C)NCCCC1OCC2(COC(CCCNC(=O)C(CCC(=O)C(C)(C)C)NC(=O)CCCC(=O)O)OC2)CO1. The lowest BCUT2D eigenvalue weighted by atomic mass is 9.87. The lowest BCUT2D eigenvalue weighted by Crippen LogP contribution is -2.52. The number of hydrogen-bond acceptors (Lipinski definition) is 9. The molecule has 248 valence electrons. The highest BCUT2D eigenvalue weighted by Gasteiger charge is 2.41. The Morgan fingerprint density at radius 3 is 1.81 bits per heavy atom. The standard InChI is InChI=1S/C31H55N3O9/c1-29(2,3)23(35)15-14-22(34-24(36)10-7-11-25(37)38)28(39)32-16-8-12-26-40-18-31(19-41-26)20-42-27(43-21-31)13-9-17-33-30(4,5)6/h22,26-27,33H,7-21H2,1-6H3,(H,32,39)(H,34,36)(H,37,38). The molecule has 0 aliphatic carbocycles. The normalized spacial score (nSPS) is 23.5. The predicted octanol–water partition coefficient (Wildman–Crippen LogP) is 2.92. The largest absolute Gasteiger partial charge is 0.481 e. The van der Waals surface area contributed by atoms with E-state index in [0.29, 0.717) is 45.8 Å². The fraction of sp³-hybridized carbons (Fsp3) is 0.871. The summed E-state index contributed by atoms with van der Waals surface area (Å²) in [6, 6.07) is -0.879. The molecule has 2 rings (SSSR count). The van der Waals surface area contributed by atoms with Crippen molar-refractivity contribution < 1.29 is 43.2 Å². The molecule has 0 radical (unpaired) electrons. The lowest BCUT2D eigenvalue weighted by molar-refractivity contribution is -0.304. The molecule has 0 saturated carbocycles. The van der Waals surface area contributed by atoms with Gasteiger partial charge in [0.1, 0.15) is 11.8 Å². The monoisotopic (exact) mass is 613 g/mol. The summed E-state index contributed by atoms with van der Waals surface area (Å²) in [5.74, 6) is -1.78. The lowest BCUT2D eigenvalue weighted by Gasteiger charge is -2.43. The average Bonchev–Trinajstić information content (AvgIpc) is 2.92. The van der Waals surface area contributed by atoms with Crippen LogP contribution in [0.2, 0.25) is 0 Å². The molecule has 2 saturated heterocycles. The Kier molecular flexibility index (Phi) is 15.0. The first-order valence-corrected chi connectivity index (χ1v) is 15.6. The minimum Gasteiger partial charge on any atom is -0.481 e. The first-order chi connectivity index (χ1) is 20.1. The number of carbonyl (C=O) groups excluding carboxylic acids is 3. The molecular formula is C31H55N3O9. The van der Waals surface area contributed by atoms with E-state index in [-0.39, 0.29) is 61.0 Å². The zero-order chi connectivity index (χ0) is 32.1. The molecule has 2 aliphatic heterocycles. The molecule has 2 amide bonds. The van der Waals surface area contributed by atoms with Crippen molar-refractivity contribution in [2.45, 2.75) is 123 Å². The van der Waals surface area contributed by atoms with Crippen LogP contribution in [0, 0.1) is 10.8 Å². The molecule has 0 aromatic rings. The molecule has 1 unspecified atom stereocenters. The molecule has 12 heteroatoms. The van der Waals surface area contributed by atoms with E-state index in [0.717, 1.165) is 19.4 Å². The van der Waals surface area contributed by atoms with Crippen LogP contribution in [0.5, 0.6) is 0 Å². The van der Waals surface area contributed by atoms with Crippen LogP contribution in [0.15, 0.2) is 0 Å². The van der Waals surface area contributed by atoms with E-state index in [1.165, 1.54) is 0 Å². The molecule has 0 aromatic heterocycles. The number of carbonyl (C=O) groups is 4. The number of amides is 2. The molecule has 12 nitrogen and oxygen atoms in total. The Labute approximate surface area is 256 Å². The van der Waals surface area contributed by atoms with Gasteiger partial charge in [-0.05, 0) is 59.4 Å². The van der Waals surface area contributed by atoms with E-state index < -0.39 is 29.6 Å². The van der Waals surface area contributed by atoms with Gasteiger partial charge in [-0.15, -0.1) is 0 Å². The van der Waals surface area contributed by atoms with Crippen molar-refractivity contribution in [2.75, 3.05) is 39.5 Å². The molecule has 2 fully saturated rings. The third kappa shape index (κ3) is 14.9. The van der Waals surface area contributed by atoms with Gasteiger partial charge >= 0.3 is 5.97 Å². The molecule has 4 N–H and O–H groups in total. The van der Waals surface area contributed by atoms with E-state index in [1.807, 2.05) is 20.8 Å². The summed E-state index contributed by atoms with van der Waals surface area (Å²) in [5, 5.41) is 17.8. The molecule has 43 heavy (non-hydrogen) atoms. The second kappa shape index (κ2) is 17.4. The Bertz CT molecular complexity index is 895. The van der Waals surface area contributed by atoms with Crippen molar-refractivity contribution in [1.82, 2.24) is 16.0 Å². The van der Waals surface area contributed by atoms with Gasteiger partial charge < -0.3 is 40.0 Å². The Hall–Kier alpha value is -2.12. The van der Waals surface area contributed by atoms with Crippen molar-refractivity contribution >= 4 is 23.6 Å². The number of carboxylic acid groups (broad SMARTS) is 1. The zero-order valence-corrected chi connectivity index (χ0v) is 27.1. The number of aliphatic carboxylic acids is 1. The fourth-order valence-corrected chi connectivity index (χ4v) is 4.68. The minimum absolute atomic E-state index is 0.00696. The summed E-state index contributed by atoms with van der Waals surface area (Å²) in [5.41, 5.74) is -0.770. The third-order valence-corrected chi connectivity index (χ3v) is 7.43. The molecule has 1 spiro atoms. The first-order valence-electron chi connectivity index (χ1n) is 15.6. The van der Waals surface area contributed by atoms with Gasteiger partial charge in [0.2, 0.25) is 11.8 Å². The maximum atomic E-state index is 12.9. The summed E-state index contributed by atoms with van der Waals surface area (Å²) in [6.07, 6.45) is 2.73. The highest BCUT2D eigenvalue weighted by Crippen LogP contribution is 2.32. The number of hydrogen-bond donors (Lipinski definition) is 4. The van der Waals surface area contributed by atoms with Gasteiger partial charge in [-0.1, -0.05) is 20.8 Å². The second-order valence-electron chi connectivity index (χ2n) is 13.9. The van der Waals surface area contributed by atoms with Crippen molar-refractivity contribution in [3.8, 4) is 0 Å². The zero-order valence-electron chi connectivity index (χ0n) is 27.1. The molecular weight excluding hydrogens is 558 g/mol. The quantitative estimate of drug-likeness (QED) is 0.180. The van der Waals surface area contributed by atoms with E-state index in [1.54, 1.807) is 0 Å². The predicted molar refractivity (Wildman–Crippen MR) is 160 cm³/mol. The van der Waals surface area contributed by atoms with Gasteiger partial charge in [0.15, 0.2) is 12.6 Å². The van der Waals surface area contributed by atoms with E-state index in [9.17, 15) is 19.2 Å². The highest BCUT2D eigenvalue weighted by molar-refractivity contribution is 5.89. The van der Waals surface area contributed by atoms with Crippen LogP contribution in [0.1, 0.15) is 99.3 Å². The van der Waals surface area contributed by atoms with E-state index >= 15 is 0 Å². The molecule has 0 aromatic carbocycles. The van der Waals surface area contributed by atoms with E-state index in [4.69, 9.17) is 24.1 Å². The number of ether oxygens (including phenoxy) is 4. The Morgan fingerprint density at radius 1 is 0.791 bits per heavy atom.